The van der Waals surface area contributed by atoms with Crippen molar-refractivity contribution in [2.75, 3.05) is 26.4 Å². The molecule has 53 heavy (non-hydrogen) atoms. The van der Waals surface area contributed by atoms with Crippen molar-refractivity contribution in [2.24, 2.45) is 0 Å². The summed E-state index contributed by atoms with van der Waals surface area (Å²) in [6, 6.07) is 0. The van der Waals surface area contributed by atoms with E-state index in [2.05, 4.69) is 31.3 Å². The van der Waals surface area contributed by atoms with Crippen LogP contribution in [0.2, 0.25) is 0 Å². The third kappa shape index (κ3) is 41.7. The van der Waals surface area contributed by atoms with Crippen LogP contribution in [0.15, 0.2) is 12.2 Å². The molecule has 1 amide bonds. The van der Waals surface area contributed by atoms with Gasteiger partial charge in [0.15, 0.2) is 0 Å². The number of carbonyl (C=O) groups is 2. The van der Waals surface area contributed by atoms with Crippen LogP contribution in [0.25, 0.3) is 0 Å². The summed E-state index contributed by atoms with van der Waals surface area (Å²) < 4.78 is 26.9. The number of unbranched alkanes of at least 4 members (excludes halogenated alkanes) is 27. The van der Waals surface area contributed by atoms with E-state index in [1.807, 2.05) is 0 Å². The van der Waals surface area contributed by atoms with E-state index < -0.39 is 26.5 Å². The minimum Gasteiger partial charge on any atom is -0.463 e. The Morgan fingerprint density at radius 1 is 0.566 bits per heavy atom. The van der Waals surface area contributed by atoms with E-state index in [-0.39, 0.29) is 32.1 Å². The molecule has 0 bridgehead atoms. The van der Waals surface area contributed by atoms with Gasteiger partial charge in [0.25, 0.3) is 0 Å². The Labute approximate surface area is 326 Å². The first-order chi connectivity index (χ1) is 25.8. The molecule has 9 nitrogen and oxygen atoms in total. The molecule has 314 valence electrons. The second-order valence-corrected chi connectivity index (χ2v) is 16.5. The van der Waals surface area contributed by atoms with E-state index in [9.17, 15) is 24.2 Å². The number of aliphatic hydroxyl groups is 1. The molecule has 0 aromatic heterocycles. The lowest BCUT2D eigenvalue weighted by Gasteiger charge is -2.15. The van der Waals surface area contributed by atoms with Gasteiger partial charge in [0.2, 0.25) is 5.91 Å². The molecule has 0 radical (unpaired) electrons. The summed E-state index contributed by atoms with van der Waals surface area (Å²) in [7, 11) is -4.41. The third-order valence-corrected chi connectivity index (χ3v) is 10.7. The molecule has 0 saturated heterocycles. The van der Waals surface area contributed by atoms with Gasteiger partial charge in [0, 0.05) is 19.4 Å². The highest BCUT2D eigenvalue weighted by Gasteiger charge is 2.23. The van der Waals surface area contributed by atoms with Crippen LogP contribution < -0.4 is 5.32 Å². The molecule has 0 spiro atoms. The third-order valence-electron chi connectivity index (χ3n) is 9.70. The van der Waals surface area contributed by atoms with Crippen LogP contribution in [0.4, 0.5) is 0 Å². The zero-order valence-corrected chi connectivity index (χ0v) is 35.4. The smallest absolute Gasteiger partial charge is 0.463 e. The van der Waals surface area contributed by atoms with E-state index in [1.165, 1.54) is 141 Å². The fourth-order valence-electron chi connectivity index (χ4n) is 6.32. The molecular weight excluding hydrogens is 689 g/mol. The molecule has 0 heterocycles. The number of rotatable bonds is 42. The molecule has 2 atom stereocenters. The molecule has 3 N–H and O–H groups in total. The van der Waals surface area contributed by atoms with Crippen LogP contribution >= 0.6 is 7.82 Å². The standard InChI is InChI=1S/C43H84NO8P/c1-3-5-7-9-11-13-15-17-18-19-20-21-22-24-26-28-30-32-34-36-43(47)50-39-41(45)40-52-53(48,49)51-38-37-44-42(46)35-33-31-29-27-25-23-16-14-12-10-8-6-4-2/h14,16,41,45H,3-13,15,17-40H2,1-2H3,(H,44,46)(H,48,49)/b16-14-. The van der Waals surface area contributed by atoms with Crippen molar-refractivity contribution in [1.82, 2.24) is 5.32 Å². The van der Waals surface area contributed by atoms with Crippen LogP contribution in [0.3, 0.4) is 0 Å². The Balaban J connectivity index is 3.56. The summed E-state index contributed by atoms with van der Waals surface area (Å²) in [5, 5.41) is 12.7. The minimum atomic E-state index is -4.41. The molecule has 0 aliphatic rings. The molecule has 0 rings (SSSR count). The van der Waals surface area contributed by atoms with Gasteiger partial charge in [0.05, 0.1) is 13.2 Å². The van der Waals surface area contributed by atoms with Gasteiger partial charge in [-0.1, -0.05) is 180 Å². The van der Waals surface area contributed by atoms with Crippen molar-refractivity contribution in [3.63, 3.8) is 0 Å². The van der Waals surface area contributed by atoms with Gasteiger partial charge in [-0.05, 0) is 38.5 Å². The number of aliphatic hydroxyl groups excluding tert-OH is 1. The van der Waals surface area contributed by atoms with Gasteiger partial charge in [0.1, 0.15) is 12.7 Å². The summed E-state index contributed by atoms with van der Waals surface area (Å²) in [5.74, 6) is -0.517. The fourth-order valence-corrected chi connectivity index (χ4v) is 7.07. The maximum atomic E-state index is 12.1. The van der Waals surface area contributed by atoms with E-state index >= 15 is 0 Å². The first kappa shape index (κ1) is 51.8. The number of phosphoric acid groups is 1. The van der Waals surface area contributed by atoms with Gasteiger partial charge in [-0.2, -0.15) is 0 Å². The minimum absolute atomic E-state index is 0.0805. The Morgan fingerprint density at radius 3 is 1.43 bits per heavy atom. The van der Waals surface area contributed by atoms with Crippen LogP contribution in [0.5, 0.6) is 0 Å². The molecule has 0 fully saturated rings. The average molecular weight is 774 g/mol. The normalized spacial score (nSPS) is 13.4. The summed E-state index contributed by atoms with van der Waals surface area (Å²) in [6.07, 6.45) is 41.4. The first-order valence-corrected chi connectivity index (χ1v) is 23.7. The number of nitrogens with one attached hydrogen (secondary N) is 1. The van der Waals surface area contributed by atoms with Crippen LogP contribution in [-0.4, -0.2) is 54.3 Å². The van der Waals surface area contributed by atoms with Crippen molar-refractivity contribution < 1.29 is 37.9 Å². The number of ether oxygens (including phenoxy) is 1. The van der Waals surface area contributed by atoms with E-state index in [0.717, 1.165) is 51.4 Å². The Bertz CT molecular complexity index is 886. The molecule has 0 aliphatic heterocycles. The Hall–Kier alpha value is -1.25. The zero-order valence-electron chi connectivity index (χ0n) is 34.5. The predicted octanol–water partition coefficient (Wildman–Crippen LogP) is 12.2. The van der Waals surface area contributed by atoms with Crippen molar-refractivity contribution >= 4 is 19.7 Å². The Morgan fingerprint density at radius 2 is 0.962 bits per heavy atom. The van der Waals surface area contributed by atoms with Crippen molar-refractivity contribution in [1.29, 1.82) is 0 Å². The second kappa shape index (κ2) is 40.4. The molecule has 0 aliphatic carbocycles. The van der Waals surface area contributed by atoms with Gasteiger partial charge >= 0.3 is 13.8 Å². The van der Waals surface area contributed by atoms with Gasteiger partial charge < -0.3 is 20.1 Å². The lowest BCUT2D eigenvalue weighted by molar-refractivity contribution is -0.147. The number of esters is 1. The zero-order chi connectivity index (χ0) is 38.9. The largest absolute Gasteiger partial charge is 0.472 e. The highest BCUT2D eigenvalue weighted by Crippen LogP contribution is 2.42. The Kier molecular flexibility index (Phi) is 39.5. The highest BCUT2D eigenvalue weighted by atomic mass is 31.2. The fraction of sp³-hybridized carbons (Fsp3) is 0.907. The molecule has 0 aromatic carbocycles. The number of hydrogen-bond acceptors (Lipinski definition) is 7. The summed E-state index contributed by atoms with van der Waals surface area (Å²) in [4.78, 5) is 33.9. The number of phosphoric ester groups is 1. The lowest BCUT2D eigenvalue weighted by Crippen LogP contribution is -2.27. The van der Waals surface area contributed by atoms with Crippen LogP contribution in [0.1, 0.15) is 219 Å². The number of amides is 1. The molecule has 10 heteroatoms. The summed E-state index contributed by atoms with van der Waals surface area (Å²) in [5.41, 5.74) is 0. The van der Waals surface area contributed by atoms with Crippen molar-refractivity contribution in [3.05, 3.63) is 12.2 Å². The molecule has 2 unspecified atom stereocenters. The van der Waals surface area contributed by atoms with E-state index in [4.69, 9.17) is 13.8 Å². The number of hydrogen-bond donors (Lipinski definition) is 3. The number of allylic oxidation sites excluding steroid dienone is 2. The SMILES string of the molecule is CCCCCC/C=C\CCCCCCCC(=O)NCCOP(=O)(O)OCC(O)COC(=O)CCCCCCCCCCCCCCCCCCCCC. The first-order valence-electron chi connectivity index (χ1n) is 22.2. The van der Waals surface area contributed by atoms with Gasteiger partial charge in [-0.15, -0.1) is 0 Å². The summed E-state index contributed by atoms with van der Waals surface area (Å²) in [6.45, 7) is 3.56. The average Bonchev–Trinajstić information content (AvgIpc) is 3.14. The molecular formula is C43H84NO8P. The lowest BCUT2D eigenvalue weighted by atomic mass is 10.0. The van der Waals surface area contributed by atoms with Crippen LogP contribution in [0, 0.1) is 0 Å². The molecule has 0 aromatic rings. The topological polar surface area (TPSA) is 131 Å². The van der Waals surface area contributed by atoms with Crippen molar-refractivity contribution in [3.8, 4) is 0 Å². The maximum absolute atomic E-state index is 12.1. The molecule has 0 saturated carbocycles. The van der Waals surface area contributed by atoms with Crippen molar-refractivity contribution in [2.45, 2.75) is 225 Å². The number of carbonyl (C=O) groups excluding carboxylic acids is 2. The monoisotopic (exact) mass is 774 g/mol. The van der Waals surface area contributed by atoms with Gasteiger partial charge in [-0.25, -0.2) is 4.57 Å². The summed E-state index contributed by atoms with van der Waals surface area (Å²) >= 11 is 0. The predicted molar refractivity (Wildman–Crippen MR) is 220 cm³/mol. The highest BCUT2D eigenvalue weighted by molar-refractivity contribution is 7.47. The van der Waals surface area contributed by atoms with E-state index in [0.29, 0.717) is 6.42 Å². The maximum Gasteiger partial charge on any atom is 0.472 e. The second-order valence-electron chi connectivity index (χ2n) is 15.0. The quantitative estimate of drug-likeness (QED) is 0.0242. The van der Waals surface area contributed by atoms with E-state index in [1.54, 1.807) is 0 Å². The van der Waals surface area contributed by atoms with Gasteiger partial charge in [-0.3, -0.25) is 18.6 Å². The van der Waals surface area contributed by atoms with Crippen LogP contribution in [-0.2, 0) is 27.9 Å².